The fraction of sp³-hybridized carbons (Fsp3) is 0. The molecule has 0 bridgehead atoms. The van der Waals surface area contributed by atoms with E-state index in [1.165, 1.54) is 32.3 Å². The second kappa shape index (κ2) is 4.21. The van der Waals surface area contributed by atoms with E-state index >= 15 is 0 Å². The van der Waals surface area contributed by atoms with E-state index in [4.69, 9.17) is 0 Å². The molecule has 0 saturated heterocycles. The molecule has 0 unspecified atom stereocenters. The highest BCUT2D eigenvalue weighted by Gasteiger charge is 2.05. The predicted molar refractivity (Wildman–Crippen MR) is 89.9 cm³/mol. The maximum Gasteiger partial charge on any atom is 0.0970 e. The van der Waals surface area contributed by atoms with Crippen molar-refractivity contribution >= 4 is 43.2 Å². The molecule has 0 amide bonds. The summed E-state index contributed by atoms with van der Waals surface area (Å²) in [6.07, 6.45) is 1.76. The molecular formula is C19H11N3. The average molecular weight is 281 g/mol. The average Bonchev–Trinajstić information content (AvgIpc) is 2.58. The van der Waals surface area contributed by atoms with Crippen LogP contribution in [-0.4, -0.2) is 15.4 Å². The van der Waals surface area contributed by atoms with Gasteiger partial charge in [0.25, 0.3) is 0 Å². The molecule has 0 spiro atoms. The number of hydrogen-bond donors (Lipinski definition) is 0. The molecule has 0 aliphatic heterocycles. The lowest BCUT2D eigenvalue weighted by molar-refractivity contribution is 0.896. The Morgan fingerprint density at radius 1 is 0.591 bits per heavy atom. The molecule has 0 aliphatic carbocycles. The van der Waals surface area contributed by atoms with Gasteiger partial charge in [0.2, 0.25) is 0 Å². The molecule has 0 saturated carbocycles. The summed E-state index contributed by atoms with van der Waals surface area (Å²) in [4.78, 5) is 0. The first-order valence-electron chi connectivity index (χ1n) is 7.22. The highest BCUT2D eigenvalue weighted by Crippen LogP contribution is 2.31. The lowest BCUT2D eigenvalue weighted by Gasteiger charge is -2.07. The molecule has 3 nitrogen and oxygen atoms in total. The maximum absolute atomic E-state index is 4.14. The van der Waals surface area contributed by atoms with Crippen molar-refractivity contribution in [2.45, 2.75) is 0 Å². The number of rotatable bonds is 0. The van der Waals surface area contributed by atoms with Crippen LogP contribution in [0.3, 0.4) is 0 Å². The first kappa shape index (κ1) is 11.6. The summed E-state index contributed by atoms with van der Waals surface area (Å²) in [7, 11) is 0. The lowest BCUT2D eigenvalue weighted by Crippen LogP contribution is -1.88. The monoisotopic (exact) mass is 281 g/mol. The zero-order valence-corrected chi connectivity index (χ0v) is 11.7. The second-order valence-corrected chi connectivity index (χ2v) is 5.55. The molecule has 1 heterocycles. The van der Waals surface area contributed by atoms with Gasteiger partial charge < -0.3 is 0 Å². The Morgan fingerprint density at radius 2 is 1.27 bits per heavy atom. The van der Waals surface area contributed by atoms with Crippen LogP contribution in [0.25, 0.3) is 43.2 Å². The largest absolute Gasteiger partial charge is 0.138 e. The second-order valence-electron chi connectivity index (χ2n) is 5.55. The van der Waals surface area contributed by atoms with Crippen LogP contribution in [0, 0.1) is 0 Å². The van der Waals surface area contributed by atoms with Gasteiger partial charge >= 0.3 is 0 Å². The van der Waals surface area contributed by atoms with Crippen molar-refractivity contribution in [3.63, 3.8) is 0 Å². The van der Waals surface area contributed by atoms with Crippen LogP contribution in [0.4, 0.5) is 0 Å². The number of fused-ring (bicyclic) bond motifs is 5. The van der Waals surface area contributed by atoms with Crippen molar-refractivity contribution in [2.75, 3.05) is 0 Å². The van der Waals surface area contributed by atoms with Gasteiger partial charge in [-0.25, -0.2) is 0 Å². The Labute approximate surface area is 126 Å². The van der Waals surface area contributed by atoms with Gasteiger partial charge in [-0.05, 0) is 61.8 Å². The molecule has 4 aromatic carbocycles. The predicted octanol–water partition coefficient (Wildman–Crippen LogP) is 4.48. The van der Waals surface area contributed by atoms with E-state index in [-0.39, 0.29) is 0 Å². The Bertz CT molecular complexity index is 1080. The summed E-state index contributed by atoms with van der Waals surface area (Å²) >= 11 is 0. The minimum Gasteiger partial charge on any atom is -0.138 e. The molecule has 0 aliphatic rings. The number of nitrogens with zero attached hydrogens (tertiary/aromatic N) is 3. The van der Waals surface area contributed by atoms with E-state index in [1.807, 2.05) is 0 Å². The Morgan fingerprint density at radius 3 is 2.09 bits per heavy atom. The molecule has 22 heavy (non-hydrogen) atoms. The lowest BCUT2D eigenvalue weighted by atomic mass is 9.97. The summed E-state index contributed by atoms with van der Waals surface area (Å²) in [5.41, 5.74) is 0.878. The van der Waals surface area contributed by atoms with E-state index in [9.17, 15) is 0 Å². The zero-order valence-electron chi connectivity index (χ0n) is 11.7. The summed E-state index contributed by atoms with van der Waals surface area (Å²) in [5.74, 6) is 0. The molecule has 5 rings (SSSR count). The summed E-state index contributed by atoms with van der Waals surface area (Å²) in [6, 6.07) is 21.5. The number of benzene rings is 4. The molecule has 3 heteroatoms. The molecule has 1 aromatic heterocycles. The van der Waals surface area contributed by atoms with Crippen LogP contribution in [0.5, 0.6) is 0 Å². The minimum atomic E-state index is 0.878. The molecule has 0 radical (unpaired) electrons. The fourth-order valence-corrected chi connectivity index (χ4v) is 3.15. The van der Waals surface area contributed by atoms with E-state index in [2.05, 4.69) is 76.1 Å². The van der Waals surface area contributed by atoms with Gasteiger partial charge in [-0.1, -0.05) is 36.4 Å². The van der Waals surface area contributed by atoms with Crippen LogP contribution in [-0.2, 0) is 0 Å². The first-order chi connectivity index (χ1) is 10.9. The van der Waals surface area contributed by atoms with E-state index in [1.54, 1.807) is 6.20 Å². The third-order valence-corrected chi connectivity index (χ3v) is 4.25. The van der Waals surface area contributed by atoms with Gasteiger partial charge in [0.15, 0.2) is 0 Å². The van der Waals surface area contributed by atoms with Crippen molar-refractivity contribution in [1.29, 1.82) is 0 Å². The van der Waals surface area contributed by atoms with Gasteiger partial charge in [0, 0.05) is 5.39 Å². The van der Waals surface area contributed by atoms with Gasteiger partial charge in [-0.2, -0.15) is 0 Å². The smallest absolute Gasteiger partial charge is 0.0970 e. The summed E-state index contributed by atoms with van der Waals surface area (Å²) in [5, 5.41) is 20.2. The molecular weight excluding hydrogens is 270 g/mol. The molecule has 0 atom stereocenters. The van der Waals surface area contributed by atoms with Gasteiger partial charge in [0.05, 0.1) is 11.7 Å². The number of hydrogen-bond acceptors (Lipinski definition) is 3. The van der Waals surface area contributed by atoms with Crippen LogP contribution in [0.2, 0.25) is 0 Å². The van der Waals surface area contributed by atoms with Crippen LogP contribution in [0.15, 0.2) is 66.9 Å². The normalized spacial score (nSPS) is 11.6. The van der Waals surface area contributed by atoms with E-state index in [0.29, 0.717) is 0 Å². The highest BCUT2D eigenvalue weighted by molar-refractivity contribution is 6.14. The van der Waals surface area contributed by atoms with Crippen molar-refractivity contribution in [1.82, 2.24) is 15.4 Å². The Hall–Kier alpha value is -3.07. The minimum absolute atomic E-state index is 0.878. The van der Waals surface area contributed by atoms with Crippen LogP contribution < -0.4 is 0 Å². The standard InChI is InChI=1S/C19H11N3/c1-2-4-13-9-17-14(7-12(13)3-1)5-6-15-8-16-11-20-22-21-19(16)10-18(15)17/h1-11H. The Kier molecular flexibility index (Phi) is 2.22. The van der Waals surface area contributed by atoms with Crippen molar-refractivity contribution in [3.05, 3.63) is 66.9 Å². The fourth-order valence-electron chi connectivity index (χ4n) is 3.15. The van der Waals surface area contributed by atoms with Gasteiger partial charge in [-0.15, -0.1) is 10.2 Å². The topological polar surface area (TPSA) is 38.7 Å². The SMILES string of the molecule is c1ccc2cc3c(ccc4cc5cnnnc5cc43)cc2c1. The molecule has 0 N–H and O–H groups in total. The first-order valence-corrected chi connectivity index (χ1v) is 7.22. The van der Waals surface area contributed by atoms with E-state index in [0.717, 1.165) is 10.9 Å². The third kappa shape index (κ3) is 1.59. The van der Waals surface area contributed by atoms with E-state index < -0.39 is 0 Å². The quantitative estimate of drug-likeness (QED) is 0.310. The van der Waals surface area contributed by atoms with Crippen LogP contribution in [0.1, 0.15) is 0 Å². The highest BCUT2D eigenvalue weighted by atomic mass is 15.3. The molecule has 5 aromatic rings. The summed E-state index contributed by atoms with van der Waals surface area (Å²) in [6.45, 7) is 0. The molecule has 102 valence electrons. The Balaban J connectivity index is 2.00. The summed E-state index contributed by atoms with van der Waals surface area (Å²) < 4.78 is 0. The van der Waals surface area contributed by atoms with Crippen molar-refractivity contribution in [3.8, 4) is 0 Å². The zero-order chi connectivity index (χ0) is 14.5. The molecule has 0 fully saturated rings. The van der Waals surface area contributed by atoms with Gasteiger partial charge in [0.1, 0.15) is 0 Å². The maximum atomic E-state index is 4.14. The van der Waals surface area contributed by atoms with Crippen LogP contribution >= 0.6 is 0 Å². The van der Waals surface area contributed by atoms with Gasteiger partial charge in [-0.3, -0.25) is 0 Å². The van der Waals surface area contributed by atoms with Crippen molar-refractivity contribution < 1.29 is 0 Å². The number of aromatic nitrogens is 3. The van der Waals surface area contributed by atoms with Crippen molar-refractivity contribution in [2.24, 2.45) is 0 Å². The third-order valence-electron chi connectivity index (χ3n) is 4.25.